The molecule has 0 aliphatic rings. The number of hydrogen-bond donors (Lipinski definition) is 0. The molecule has 0 aliphatic carbocycles. The molecule has 1 aromatic carbocycles. The molecule has 0 bridgehead atoms. The molecule has 0 saturated heterocycles. The van der Waals surface area contributed by atoms with Crippen LogP contribution >= 0.6 is 0 Å². The molecule has 0 atom stereocenters. The van der Waals surface area contributed by atoms with E-state index in [1.54, 1.807) is 30.3 Å². The van der Waals surface area contributed by atoms with Crippen molar-refractivity contribution >= 4 is 11.8 Å². The molecule has 86 valence electrons. The van der Waals surface area contributed by atoms with Gasteiger partial charge in [0.1, 0.15) is 5.56 Å². The minimum Gasteiger partial charge on any atom is -0.465 e. The fourth-order valence-corrected chi connectivity index (χ4v) is 1.48. The Balaban J connectivity index is 2.39. The number of ether oxygens (including phenoxy) is 1. The predicted octanol–water partition coefficient (Wildman–Crippen LogP) is 2.30. The molecule has 0 saturated carbocycles. The summed E-state index contributed by atoms with van der Waals surface area (Å²) in [4.78, 5) is 23.4. The number of benzene rings is 1. The van der Waals surface area contributed by atoms with Gasteiger partial charge < -0.3 is 9.15 Å². The van der Waals surface area contributed by atoms with Crippen LogP contribution in [0, 0.1) is 0 Å². The Morgan fingerprint density at radius 3 is 2.47 bits per heavy atom. The highest BCUT2D eigenvalue weighted by atomic mass is 16.5. The van der Waals surface area contributed by atoms with E-state index >= 15 is 0 Å². The Morgan fingerprint density at radius 1 is 1.12 bits per heavy atom. The molecule has 2 rings (SSSR count). The van der Waals surface area contributed by atoms with Crippen LogP contribution in [-0.2, 0) is 4.74 Å². The first-order valence-electron chi connectivity index (χ1n) is 4.99. The Hall–Kier alpha value is -2.36. The zero-order valence-corrected chi connectivity index (χ0v) is 9.17. The molecule has 2 aromatic rings. The second kappa shape index (κ2) is 4.65. The normalized spacial score (nSPS) is 9.94. The standard InChI is InChI=1S/C13H10O4/c1-16-13(15)10-7-8-17-12(10)11(14)9-5-3-2-4-6-9/h2-8H,1H3. The summed E-state index contributed by atoms with van der Waals surface area (Å²) in [6, 6.07) is 10.0. The number of hydrogen-bond acceptors (Lipinski definition) is 4. The summed E-state index contributed by atoms with van der Waals surface area (Å²) < 4.78 is 9.62. The number of furan rings is 1. The van der Waals surface area contributed by atoms with Gasteiger partial charge in [-0.15, -0.1) is 0 Å². The minimum absolute atomic E-state index is 0.00282. The average Bonchev–Trinajstić information content (AvgIpc) is 2.87. The lowest BCUT2D eigenvalue weighted by molar-refractivity contribution is 0.0595. The first-order chi connectivity index (χ1) is 8.24. The van der Waals surface area contributed by atoms with E-state index in [2.05, 4.69) is 4.74 Å². The fraction of sp³-hybridized carbons (Fsp3) is 0.0769. The molecule has 0 fully saturated rings. The third-order valence-electron chi connectivity index (χ3n) is 2.31. The smallest absolute Gasteiger partial charge is 0.341 e. The van der Waals surface area contributed by atoms with Crippen molar-refractivity contribution in [2.45, 2.75) is 0 Å². The molecule has 17 heavy (non-hydrogen) atoms. The Bertz CT molecular complexity index is 540. The maximum absolute atomic E-state index is 12.0. The number of carbonyl (C=O) groups is 2. The van der Waals surface area contributed by atoms with Crippen molar-refractivity contribution in [2.24, 2.45) is 0 Å². The number of esters is 1. The monoisotopic (exact) mass is 230 g/mol. The summed E-state index contributed by atoms with van der Waals surface area (Å²) in [5.41, 5.74) is 0.606. The van der Waals surface area contributed by atoms with Crippen molar-refractivity contribution in [1.29, 1.82) is 0 Å². The number of ketones is 1. The number of rotatable bonds is 3. The van der Waals surface area contributed by atoms with Crippen molar-refractivity contribution in [2.75, 3.05) is 7.11 Å². The van der Waals surface area contributed by atoms with Gasteiger partial charge >= 0.3 is 5.97 Å². The number of carbonyl (C=O) groups excluding carboxylic acids is 2. The lowest BCUT2D eigenvalue weighted by Crippen LogP contribution is -2.08. The van der Waals surface area contributed by atoms with Gasteiger partial charge in [0.15, 0.2) is 5.76 Å². The van der Waals surface area contributed by atoms with Gasteiger partial charge in [-0.05, 0) is 6.07 Å². The van der Waals surface area contributed by atoms with E-state index in [0.717, 1.165) is 0 Å². The van der Waals surface area contributed by atoms with E-state index in [1.165, 1.54) is 19.4 Å². The topological polar surface area (TPSA) is 56.5 Å². The van der Waals surface area contributed by atoms with E-state index in [9.17, 15) is 9.59 Å². The highest BCUT2D eigenvalue weighted by Crippen LogP contribution is 2.16. The molecule has 4 heteroatoms. The molecule has 1 heterocycles. The SMILES string of the molecule is COC(=O)c1ccoc1C(=O)c1ccccc1. The number of methoxy groups -OCH3 is 1. The van der Waals surface area contributed by atoms with E-state index in [1.807, 2.05) is 0 Å². The van der Waals surface area contributed by atoms with E-state index in [0.29, 0.717) is 5.56 Å². The van der Waals surface area contributed by atoms with Crippen LogP contribution in [0.1, 0.15) is 26.5 Å². The van der Waals surface area contributed by atoms with Crippen LogP contribution in [-0.4, -0.2) is 18.9 Å². The molecular formula is C13H10O4. The summed E-state index contributed by atoms with van der Waals surface area (Å²) in [7, 11) is 1.26. The van der Waals surface area contributed by atoms with Gasteiger partial charge in [0.05, 0.1) is 13.4 Å². The predicted molar refractivity (Wildman–Crippen MR) is 59.9 cm³/mol. The lowest BCUT2D eigenvalue weighted by atomic mass is 10.1. The van der Waals surface area contributed by atoms with Crippen molar-refractivity contribution in [3.63, 3.8) is 0 Å². The molecule has 4 nitrogen and oxygen atoms in total. The summed E-state index contributed by atoms with van der Waals surface area (Å²) in [6.45, 7) is 0. The van der Waals surface area contributed by atoms with Gasteiger partial charge in [0, 0.05) is 5.56 Å². The quantitative estimate of drug-likeness (QED) is 0.599. The molecule has 0 unspecified atom stereocenters. The molecule has 0 amide bonds. The first kappa shape index (κ1) is 11.1. The van der Waals surface area contributed by atoms with Gasteiger partial charge in [-0.1, -0.05) is 30.3 Å². The van der Waals surface area contributed by atoms with Gasteiger partial charge in [0.2, 0.25) is 5.78 Å². The van der Waals surface area contributed by atoms with Crippen molar-refractivity contribution in [1.82, 2.24) is 0 Å². The summed E-state index contributed by atoms with van der Waals surface area (Å²) in [6.07, 6.45) is 1.29. The highest BCUT2D eigenvalue weighted by molar-refractivity contribution is 6.12. The molecule has 0 spiro atoms. The third-order valence-corrected chi connectivity index (χ3v) is 2.31. The van der Waals surface area contributed by atoms with Crippen LogP contribution in [0.3, 0.4) is 0 Å². The summed E-state index contributed by atoms with van der Waals surface area (Å²) >= 11 is 0. The highest BCUT2D eigenvalue weighted by Gasteiger charge is 2.22. The molecular weight excluding hydrogens is 220 g/mol. The van der Waals surface area contributed by atoms with E-state index in [-0.39, 0.29) is 17.1 Å². The average molecular weight is 230 g/mol. The van der Waals surface area contributed by atoms with Crippen LogP contribution in [0.25, 0.3) is 0 Å². The second-order valence-electron chi connectivity index (χ2n) is 3.35. The Morgan fingerprint density at radius 2 is 1.82 bits per heavy atom. The van der Waals surface area contributed by atoms with Crippen LogP contribution in [0.5, 0.6) is 0 Å². The largest absolute Gasteiger partial charge is 0.465 e. The van der Waals surface area contributed by atoms with Gasteiger partial charge in [-0.3, -0.25) is 4.79 Å². The van der Waals surface area contributed by atoms with Crippen LogP contribution in [0.4, 0.5) is 0 Å². The van der Waals surface area contributed by atoms with Crippen LogP contribution < -0.4 is 0 Å². The molecule has 0 radical (unpaired) electrons. The maximum Gasteiger partial charge on any atom is 0.341 e. The lowest BCUT2D eigenvalue weighted by Gasteiger charge is -2.00. The summed E-state index contributed by atoms with van der Waals surface area (Å²) in [5.74, 6) is -0.919. The maximum atomic E-state index is 12.0. The molecule has 1 aromatic heterocycles. The Kier molecular flexibility index (Phi) is 3.05. The zero-order valence-electron chi connectivity index (χ0n) is 9.17. The first-order valence-corrected chi connectivity index (χ1v) is 4.99. The van der Waals surface area contributed by atoms with Crippen molar-refractivity contribution < 1.29 is 18.7 Å². The molecule has 0 N–H and O–H groups in total. The molecule has 0 aliphatic heterocycles. The van der Waals surface area contributed by atoms with Gasteiger partial charge in [-0.2, -0.15) is 0 Å². The van der Waals surface area contributed by atoms with Gasteiger partial charge in [-0.25, -0.2) is 4.79 Å². The third kappa shape index (κ3) is 2.10. The second-order valence-corrected chi connectivity index (χ2v) is 3.35. The fourth-order valence-electron chi connectivity index (χ4n) is 1.48. The van der Waals surface area contributed by atoms with Crippen LogP contribution in [0.15, 0.2) is 47.1 Å². The zero-order chi connectivity index (χ0) is 12.3. The van der Waals surface area contributed by atoms with Crippen molar-refractivity contribution in [3.05, 3.63) is 59.5 Å². The summed E-state index contributed by atoms with van der Waals surface area (Å²) in [5, 5.41) is 0. The van der Waals surface area contributed by atoms with Gasteiger partial charge in [0.25, 0.3) is 0 Å². The van der Waals surface area contributed by atoms with Crippen LogP contribution in [0.2, 0.25) is 0 Å². The minimum atomic E-state index is -0.585. The Labute approximate surface area is 97.8 Å². The van der Waals surface area contributed by atoms with Crippen molar-refractivity contribution in [3.8, 4) is 0 Å². The van der Waals surface area contributed by atoms with E-state index < -0.39 is 5.97 Å². The van der Waals surface area contributed by atoms with E-state index in [4.69, 9.17) is 4.42 Å².